The van der Waals surface area contributed by atoms with E-state index in [1.54, 1.807) is 26.0 Å². The summed E-state index contributed by atoms with van der Waals surface area (Å²) >= 11 is 0. The van der Waals surface area contributed by atoms with E-state index < -0.39 is 22.0 Å². The standard InChI is InChI=1S/C21H25NO6S/c1-4-7-15-8-10-19(11-9-15)29(25,26)22-18-13-16(20(23)27-5-2)12-17(14-18)21(24)28-6-3/h8-14,22H,4-7H2,1-3H3. The molecule has 29 heavy (non-hydrogen) atoms. The number of aryl methyl sites for hydroxylation is 1. The predicted molar refractivity (Wildman–Crippen MR) is 110 cm³/mol. The first-order valence-electron chi connectivity index (χ1n) is 9.41. The highest BCUT2D eigenvalue weighted by Gasteiger charge is 2.19. The van der Waals surface area contributed by atoms with E-state index in [4.69, 9.17) is 9.47 Å². The average molecular weight is 419 g/mol. The Morgan fingerprint density at radius 1 is 0.862 bits per heavy atom. The zero-order chi connectivity index (χ0) is 21.4. The second-order valence-corrected chi connectivity index (χ2v) is 7.92. The minimum Gasteiger partial charge on any atom is -0.462 e. The predicted octanol–water partition coefficient (Wildman–Crippen LogP) is 3.79. The van der Waals surface area contributed by atoms with Crippen molar-refractivity contribution < 1.29 is 27.5 Å². The van der Waals surface area contributed by atoms with Crippen LogP contribution in [0.4, 0.5) is 5.69 Å². The Morgan fingerprint density at radius 3 is 1.83 bits per heavy atom. The van der Waals surface area contributed by atoms with Crippen LogP contribution in [0.15, 0.2) is 47.4 Å². The van der Waals surface area contributed by atoms with Crippen LogP contribution < -0.4 is 4.72 Å². The van der Waals surface area contributed by atoms with Gasteiger partial charge in [0.1, 0.15) is 0 Å². The number of esters is 2. The molecular weight excluding hydrogens is 394 g/mol. The number of benzene rings is 2. The summed E-state index contributed by atoms with van der Waals surface area (Å²) in [5.41, 5.74) is 1.21. The number of hydrogen-bond acceptors (Lipinski definition) is 6. The molecule has 0 unspecified atom stereocenters. The molecular formula is C21H25NO6S. The molecule has 2 aromatic rings. The summed E-state index contributed by atoms with van der Waals surface area (Å²) in [6, 6.07) is 10.5. The van der Waals surface area contributed by atoms with E-state index in [1.807, 2.05) is 6.92 Å². The highest BCUT2D eigenvalue weighted by atomic mass is 32.2. The zero-order valence-electron chi connectivity index (χ0n) is 16.7. The molecule has 0 aromatic heterocycles. The Labute approximate surface area is 171 Å². The van der Waals surface area contributed by atoms with Gasteiger partial charge in [0.05, 0.1) is 34.9 Å². The van der Waals surface area contributed by atoms with Gasteiger partial charge in [-0.05, 0) is 56.2 Å². The second-order valence-electron chi connectivity index (χ2n) is 6.24. The summed E-state index contributed by atoms with van der Waals surface area (Å²) in [6.45, 7) is 5.64. The largest absolute Gasteiger partial charge is 0.462 e. The molecule has 0 atom stereocenters. The quantitative estimate of drug-likeness (QED) is 0.621. The smallest absolute Gasteiger partial charge is 0.338 e. The van der Waals surface area contributed by atoms with Crippen molar-refractivity contribution in [2.24, 2.45) is 0 Å². The summed E-state index contributed by atoms with van der Waals surface area (Å²) in [5.74, 6) is -1.33. The van der Waals surface area contributed by atoms with Crippen LogP contribution in [0.1, 0.15) is 53.5 Å². The lowest BCUT2D eigenvalue weighted by atomic mass is 10.1. The fraction of sp³-hybridized carbons (Fsp3) is 0.333. The maximum atomic E-state index is 12.7. The van der Waals surface area contributed by atoms with E-state index in [9.17, 15) is 18.0 Å². The van der Waals surface area contributed by atoms with E-state index >= 15 is 0 Å². The lowest BCUT2D eigenvalue weighted by Gasteiger charge is -2.12. The average Bonchev–Trinajstić information content (AvgIpc) is 2.68. The minimum absolute atomic E-state index is 0.0494. The number of sulfonamides is 1. The number of rotatable bonds is 9. The van der Waals surface area contributed by atoms with Crippen molar-refractivity contribution in [1.82, 2.24) is 0 Å². The first kappa shape index (κ1) is 22.4. The molecule has 8 heteroatoms. The Hall–Kier alpha value is -2.87. The molecule has 2 rings (SSSR count). The summed E-state index contributed by atoms with van der Waals surface area (Å²) < 4.78 is 37.8. The van der Waals surface area contributed by atoms with Crippen LogP contribution in [0.2, 0.25) is 0 Å². The fourth-order valence-corrected chi connectivity index (χ4v) is 3.73. The van der Waals surface area contributed by atoms with Gasteiger partial charge in [-0.3, -0.25) is 4.72 Å². The van der Waals surface area contributed by atoms with Gasteiger partial charge in [0.15, 0.2) is 0 Å². The van der Waals surface area contributed by atoms with E-state index in [-0.39, 0.29) is 34.9 Å². The van der Waals surface area contributed by atoms with Gasteiger partial charge < -0.3 is 9.47 Å². The molecule has 0 saturated heterocycles. The number of carbonyl (C=O) groups is 2. The Kier molecular flexibility index (Phi) is 7.78. The molecule has 0 fully saturated rings. The molecule has 0 spiro atoms. The van der Waals surface area contributed by atoms with E-state index in [1.165, 1.54) is 30.3 Å². The third-order valence-corrected chi connectivity index (χ3v) is 5.38. The van der Waals surface area contributed by atoms with Crippen LogP contribution in [-0.2, 0) is 25.9 Å². The molecule has 2 aromatic carbocycles. The van der Waals surface area contributed by atoms with Crippen LogP contribution in [0, 0.1) is 0 Å². The van der Waals surface area contributed by atoms with Crippen LogP contribution >= 0.6 is 0 Å². The molecule has 0 aliphatic heterocycles. The fourth-order valence-electron chi connectivity index (χ4n) is 2.69. The SMILES string of the molecule is CCCc1ccc(S(=O)(=O)Nc2cc(C(=O)OCC)cc(C(=O)OCC)c2)cc1. The number of hydrogen-bond donors (Lipinski definition) is 1. The van der Waals surface area contributed by atoms with Gasteiger partial charge in [0, 0.05) is 0 Å². The van der Waals surface area contributed by atoms with E-state index in [0.717, 1.165) is 18.4 Å². The number of nitrogens with one attached hydrogen (secondary N) is 1. The van der Waals surface area contributed by atoms with Gasteiger partial charge in [0.2, 0.25) is 0 Å². The molecule has 0 amide bonds. The Morgan fingerprint density at radius 2 is 1.38 bits per heavy atom. The van der Waals surface area contributed by atoms with Crippen LogP contribution in [0.5, 0.6) is 0 Å². The van der Waals surface area contributed by atoms with Gasteiger partial charge in [-0.15, -0.1) is 0 Å². The highest BCUT2D eigenvalue weighted by molar-refractivity contribution is 7.92. The third-order valence-electron chi connectivity index (χ3n) is 3.98. The summed E-state index contributed by atoms with van der Waals surface area (Å²) in [5, 5.41) is 0. The van der Waals surface area contributed by atoms with Crippen molar-refractivity contribution in [2.75, 3.05) is 17.9 Å². The molecule has 7 nitrogen and oxygen atoms in total. The maximum absolute atomic E-state index is 12.7. The van der Waals surface area contributed by atoms with Gasteiger partial charge in [0.25, 0.3) is 10.0 Å². The maximum Gasteiger partial charge on any atom is 0.338 e. The van der Waals surface area contributed by atoms with Crippen LogP contribution in [0.3, 0.4) is 0 Å². The van der Waals surface area contributed by atoms with Gasteiger partial charge >= 0.3 is 11.9 Å². The second kappa shape index (κ2) is 10.1. The van der Waals surface area contributed by atoms with Crippen molar-refractivity contribution in [3.63, 3.8) is 0 Å². The molecule has 156 valence electrons. The molecule has 0 bridgehead atoms. The highest BCUT2D eigenvalue weighted by Crippen LogP contribution is 2.21. The van der Waals surface area contributed by atoms with Crippen molar-refractivity contribution in [3.8, 4) is 0 Å². The molecule has 0 aliphatic carbocycles. The normalized spacial score (nSPS) is 11.0. The van der Waals surface area contributed by atoms with Crippen molar-refractivity contribution in [2.45, 2.75) is 38.5 Å². The number of anilines is 1. The van der Waals surface area contributed by atoms with Crippen molar-refractivity contribution in [3.05, 3.63) is 59.2 Å². The van der Waals surface area contributed by atoms with E-state index in [0.29, 0.717) is 0 Å². The Bertz CT molecular complexity index is 931. The monoisotopic (exact) mass is 419 g/mol. The lowest BCUT2D eigenvalue weighted by molar-refractivity contribution is 0.0525. The van der Waals surface area contributed by atoms with E-state index in [2.05, 4.69) is 4.72 Å². The van der Waals surface area contributed by atoms with Crippen LogP contribution in [0.25, 0.3) is 0 Å². The topological polar surface area (TPSA) is 98.8 Å². The molecule has 0 saturated carbocycles. The van der Waals surface area contributed by atoms with Crippen LogP contribution in [-0.4, -0.2) is 33.6 Å². The molecule has 1 N–H and O–H groups in total. The number of carbonyl (C=O) groups excluding carboxylic acids is 2. The summed E-state index contributed by atoms with van der Waals surface area (Å²) in [7, 11) is -3.91. The summed E-state index contributed by atoms with van der Waals surface area (Å²) in [4.78, 5) is 24.3. The first-order valence-corrected chi connectivity index (χ1v) is 10.9. The zero-order valence-corrected chi connectivity index (χ0v) is 17.5. The van der Waals surface area contributed by atoms with Crippen molar-refractivity contribution in [1.29, 1.82) is 0 Å². The third kappa shape index (κ3) is 6.05. The first-order chi connectivity index (χ1) is 13.8. The molecule has 0 heterocycles. The molecule has 0 aliphatic rings. The van der Waals surface area contributed by atoms with Crippen molar-refractivity contribution >= 4 is 27.6 Å². The summed E-state index contributed by atoms with van der Waals surface area (Å²) in [6.07, 6.45) is 1.82. The number of ether oxygens (including phenoxy) is 2. The van der Waals surface area contributed by atoms with Gasteiger partial charge in [-0.25, -0.2) is 18.0 Å². The minimum atomic E-state index is -3.91. The van der Waals surface area contributed by atoms with Gasteiger partial charge in [-0.2, -0.15) is 0 Å². The van der Waals surface area contributed by atoms with Gasteiger partial charge in [-0.1, -0.05) is 25.5 Å². The lowest BCUT2D eigenvalue weighted by Crippen LogP contribution is -2.15. The Balaban J connectivity index is 2.38. The molecule has 0 radical (unpaired) electrons.